The van der Waals surface area contributed by atoms with E-state index < -0.39 is 78.7 Å². The molecular weight excluding hydrogens is 897 g/mol. The number of aliphatic hydroxyl groups excluding tert-OH is 1. The summed E-state index contributed by atoms with van der Waals surface area (Å²) >= 11 is 12.3. The van der Waals surface area contributed by atoms with E-state index in [1.165, 1.54) is 24.9 Å². The highest BCUT2D eigenvalue weighted by Gasteiger charge is 2.46. The summed E-state index contributed by atoms with van der Waals surface area (Å²) in [4.78, 5) is 61.9. The van der Waals surface area contributed by atoms with Gasteiger partial charge in [0, 0.05) is 54.9 Å². The second kappa shape index (κ2) is 21.8. The highest BCUT2D eigenvalue weighted by molar-refractivity contribution is 6.31. The first-order chi connectivity index (χ1) is 30.6. The van der Waals surface area contributed by atoms with Crippen LogP contribution in [0.15, 0.2) is 66.9 Å². The van der Waals surface area contributed by atoms with Crippen LogP contribution in [0.25, 0.3) is 11.3 Å². The minimum atomic E-state index is -4.82. The summed E-state index contributed by atoms with van der Waals surface area (Å²) in [6, 6.07) is 13.7. The number of hydrogen-bond donors (Lipinski definition) is 4. The van der Waals surface area contributed by atoms with Crippen LogP contribution in [0.5, 0.6) is 11.5 Å². The topological polar surface area (TPSA) is 170 Å². The molecule has 1 aliphatic heterocycles. The predicted molar refractivity (Wildman–Crippen MR) is 236 cm³/mol. The number of carbonyl (C=O) groups excluding carboxylic acids is 3. The maximum Gasteiger partial charge on any atom is 0.389 e. The van der Waals surface area contributed by atoms with Crippen LogP contribution in [0.3, 0.4) is 0 Å². The van der Waals surface area contributed by atoms with Crippen molar-refractivity contribution in [3.8, 4) is 22.8 Å². The zero-order valence-electron chi connectivity index (χ0n) is 36.6. The van der Waals surface area contributed by atoms with E-state index in [0.717, 1.165) is 28.0 Å². The fourth-order valence-electron chi connectivity index (χ4n) is 7.92. The molecule has 1 aliphatic rings. The Morgan fingerprint density at radius 1 is 1.02 bits per heavy atom. The fourth-order valence-corrected chi connectivity index (χ4v) is 8.24. The molecule has 1 aromatic heterocycles. The summed E-state index contributed by atoms with van der Waals surface area (Å²) in [6.07, 6.45) is -5.13. The number of carboxylic acid groups (broad SMARTS) is 1. The van der Waals surface area contributed by atoms with Crippen LogP contribution in [-0.2, 0) is 45.7 Å². The first-order valence-corrected chi connectivity index (χ1v) is 21.5. The Bertz CT molecular complexity index is 2310. The molecule has 1 saturated heterocycles. The molecule has 0 aliphatic carbocycles. The minimum Gasteiger partial charge on any atom is -0.481 e. The number of ether oxygens (including phenoxy) is 1. The number of alkyl halides is 3. The number of likely N-dealkylation sites (N-methyl/N-ethyl adjacent to an activating group) is 1. The quantitative estimate of drug-likeness (QED) is 0.0768. The molecule has 14 nitrogen and oxygen atoms in total. The third-order valence-corrected chi connectivity index (χ3v) is 11.9. The molecule has 352 valence electrons. The van der Waals surface area contributed by atoms with Gasteiger partial charge in [0.15, 0.2) is 0 Å². The van der Waals surface area contributed by atoms with Crippen LogP contribution in [0.2, 0.25) is 10.0 Å². The van der Waals surface area contributed by atoms with Crippen LogP contribution >= 0.6 is 23.2 Å². The standard InChI is InChI=1S/C45H53Cl2F4N7O7/c1-27(52-22-34-35(48)18-32(47)19-38(34)65-33-13-9-29(10-14-33)37-23-53-39(56(37)4)24-55(2)3)41(62)54-36(25-59)43(64)57(5)44(20-28-7-11-31(46)12-8-28)15-6-16-58(26-44)42(63)30(17-40(60)61)21-45(49,50)51/h7-14,18-19,23,27,30,36,52,59H,6,15-17,20-22,24-26H2,1-5H3,(H,54,62)(H,60,61)/t27-,30?,36-,44+/m0/s1. The average Bonchev–Trinajstić information content (AvgIpc) is 3.59. The Hall–Kier alpha value is -5.27. The minimum absolute atomic E-state index is 0.0120. The molecule has 0 saturated carbocycles. The number of aliphatic hydroxyl groups is 1. The van der Waals surface area contributed by atoms with Gasteiger partial charge in [-0.1, -0.05) is 35.3 Å². The molecular formula is C45H53Cl2F4N7O7. The van der Waals surface area contributed by atoms with Crippen LogP contribution < -0.4 is 15.4 Å². The van der Waals surface area contributed by atoms with E-state index in [-0.39, 0.29) is 55.2 Å². The van der Waals surface area contributed by atoms with Crippen molar-refractivity contribution in [1.82, 2.24) is 34.9 Å². The van der Waals surface area contributed by atoms with Gasteiger partial charge in [0.2, 0.25) is 17.7 Å². The number of piperidine rings is 1. The van der Waals surface area contributed by atoms with Crippen LogP contribution in [-0.4, -0.2) is 123 Å². The van der Waals surface area contributed by atoms with E-state index >= 15 is 4.39 Å². The van der Waals surface area contributed by atoms with Gasteiger partial charge in [0.05, 0.1) is 55.4 Å². The van der Waals surface area contributed by atoms with E-state index in [9.17, 15) is 42.6 Å². The van der Waals surface area contributed by atoms with Crippen molar-refractivity contribution in [3.63, 3.8) is 0 Å². The van der Waals surface area contributed by atoms with Gasteiger partial charge < -0.3 is 44.9 Å². The van der Waals surface area contributed by atoms with Crippen molar-refractivity contribution >= 4 is 46.9 Å². The number of amides is 3. The number of hydrogen-bond acceptors (Lipinski definition) is 9. The van der Waals surface area contributed by atoms with Crippen molar-refractivity contribution in [2.45, 2.75) is 75.9 Å². The van der Waals surface area contributed by atoms with E-state index in [2.05, 4.69) is 15.6 Å². The number of imidazole rings is 1. The summed E-state index contributed by atoms with van der Waals surface area (Å²) in [5, 5.41) is 25.8. The van der Waals surface area contributed by atoms with Crippen LogP contribution in [0.4, 0.5) is 17.6 Å². The Morgan fingerprint density at radius 2 is 1.69 bits per heavy atom. The van der Waals surface area contributed by atoms with Gasteiger partial charge in [-0.15, -0.1) is 0 Å². The summed E-state index contributed by atoms with van der Waals surface area (Å²) < 4.78 is 64.1. The molecule has 3 amide bonds. The molecule has 0 bridgehead atoms. The van der Waals surface area contributed by atoms with E-state index in [4.69, 9.17) is 27.9 Å². The Kier molecular flexibility index (Phi) is 17.0. The molecule has 65 heavy (non-hydrogen) atoms. The number of nitrogens with zero attached hydrogens (tertiary/aromatic N) is 5. The normalized spacial score (nSPS) is 16.8. The van der Waals surface area contributed by atoms with E-state index in [1.807, 2.05) is 42.7 Å². The lowest BCUT2D eigenvalue weighted by Crippen LogP contribution is -2.65. The van der Waals surface area contributed by atoms with Gasteiger partial charge in [0.1, 0.15) is 29.2 Å². The largest absolute Gasteiger partial charge is 0.481 e. The average molecular weight is 951 g/mol. The van der Waals surface area contributed by atoms with Crippen molar-refractivity contribution in [3.05, 3.63) is 99.7 Å². The monoisotopic (exact) mass is 949 g/mol. The zero-order chi connectivity index (χ0) is 47.8. The third-order valence-electron chi connectivity index (χ3n) is 11.4. The summed E-state index contributed by atoms with van der Waals surface area (Å²) in [6.45, 7) is 0.792. The summed E-state index contributed by atoms with van der Waals surface area (Å²) in [7, 11) is 7.24. The number of likely N-dealkylation sites (tertiary alicyclic amines) is 1. The number of aliphatic carboxylic acids is 1. The van der Waals surface area contributed by atoms with Gasteiger partial charge in [-0.3, -0.25) is 19.2 Å². The molecule has 4 N–H and O–H groups in total. The maximum absolute atomic E-state index is 15.5. The highest BCUT2D eigenvalue weighted by Crippen LogP contribution is 2.36. The molecule has 0 radical (unpaired) electrons. The summed E-state index contributed by atoms with van der Waals surface area (Å²) in [5.74, 6) is -5.35. The molecule has 1 fully saturated rings. The molecule has 20 heteroatoms. The molecule has 1 unspecified atom stereocenters. The maximum atomic E-state index is 15.5. The number of benzene rings is 3. The number of rotatable bonds is 19. The smallest absolute Gasteiger partial charge is 0.389 e. The molecule has 5 rings (SSSR count). The predicted octanol–water partition coefficient (Wildman–Crippen LogP) is 6.45. The lowest BCUT2D eigenvalue weighted by Gasteiger charge is -2.49. The number of aromatic nitrogens is 2. The lowest BCUT2D eigenvalue weighted by atomic mass is 9.80. The van der Waals surface area contributed by atoms with E-state index in [0.29, 0.717) is 22.9 Å². The highest BCUT2D eigenvalue weighted by atomic mass is 35.5. The SMILES string of the molecule is C[C@H](NCc1c(F)cc(Cl)cc1Oc1ccc(-c2cnc(CN(C)C)n2C)cc1)C(=O)N[C@@H](CO)C(=O)N(C)[C@@]1(Cc2ccc(Cl)cc2)CCCN(C(=O)C(CC(=O)O)CC(F)(F)F)C1. The van der Waals surface area contributed by atoms with Crippen molar-refractivity contribution in [2.24, 2.45) is 13.0 Å². The molecule has 4 aromatic rings. The lowest BCUT2D eigenvalue weighted by molar-refractivity contribution is -0.166. The third kappa shape index (κ3) is 13.4. The van der Waals surface area contributed by atoms with Crippen LogP contribution in [0.1, 0.15) is 49.6 Å². The second-order valence-electron chi connectivity index (χ2n) is 16.6. The molecule has 3 aromatic carbocycles. The van der Waals surface area contributed by atoms with Gasteiger partial charge in [-0.2, -0.15) is 13.2 Å². The number of nitrogens with one attached hydrogen (secondary N) is 2. The first kappa shape index (κ1) is 50.7. The van der Waals surface area contributed by atoms with E-state index in [1.54, 1.807) is 42.6 Å². The molecule has 2 heterocycles. The Balaban J connectivity index is 1.29. The van der Waals surface area contributed by atoms with Gasteiger partial charge in [0.25, 0.3) is 0 Å². The fraction of sp³-hybridized carbons (Fsp3) is 0.444. The first-order valence-electron chi connectivity index (χ1n) is 20.7. The van der Waals surface area contributed by atoms with Crippen LogP contribution in [0, 0.1) is 11.7 Å². The van der Waals surface area contributed by atoms with Gasteiger partial charge >= 0.3 is 12.1 Å². The number of carboxylic acids is 1. The van der Waals surface area contributed by atoms with Crippen molar-refractivity contribution in [1.29, 1.82) is 0 Å². The Morgan fingerprint density at radius 3 is 2.31 bits per heavy atom. The van der Waals surface area contributed by atoms with Gasteiger partial charge in [-0.25, -0.2) is 9.37 Å². The molecule has 0 spiro atoms. The Labute approximate surface area is 384 Å². The van der Waals surface area contributed by atoms with Crippen molar-refractivity contribution < 1.29 is 51.7 Å². The van der Waals surface area contributed by atoms with Crippen molar-refractivity contribution in [2.75, 3.05) is 40.8 Å². The second-order valence-corrected chi connectivity index (χ2v) is 17.5. The molecule has 4 atom stereocenters. The number of halogens is 6. The summed E-state index contributed by atoms with van der Waals surface area (Å²) in [5.41, 5.74) is 1.20. The van der Waals surface area contributed by atoms with Gasteiger partial charge in [-0.05, 0) is 94.4 Å². The zero-order valence-corrected chi connectivity index (χ0v) is 38.1. The number of carbonyl (C=O) groups is 4.